The summed E-state index contributed by atoms with van der Waals surface area (Å²) in [6.07, 6.45) is 2.07. The molecule has 1 saturated carbocycles. The smallest absolute Gasteiger partial charge is 0.237 e. The molecule has 2 aliphatic rings. The molecule has 2 unspecified atom stereocenters. The van der Waals surface area contributed by atoms with E-state index in [9.17, 15) is 4.79 Å². The molecule has 0 spiro atoms. The second-order valence-corrected chi connectivity index (χ2v) is 5.62. The maximum absolute atomic E-state index is 12.1. The summed E-state index contributed by atoms with van der Waals surface area (Å²) in [5.41, 5.74) is 2.62. The van der Waals surface area contributed by atoms with Crippen molar-refractivity contribution in [2.75, 3.05) is 6.54 Å². The van der Waals surface area contributed by atoms with Crippen LogP contribution in [-0.4, -0.2) is 18.5 Å². The van der Waals surface area contributed by atoms with Crippen LogP contribution in [0.1, 0.15) is 24.5 Å². The van der Waals surface area contributed by atoms with Gasteiger partial charge in [0.2, 0.25) is 5.91 Å². The number of rotatable bonds is 3. The van der Waals surface area contributed by atoms with Gasteiger partial charge in [0.25, 0.3) is 0 Å². The number of hydrogen-bond donors (Lipinski definition) is 2. The zero-order chi connectivity index (χ0) is 12.5. The Morgan fingerprint density at radius 2 is 2.11 bits per heavy atom. The van der Waals surface area contributed by atoms with Crippen LogP contribution >= 0.6 is 0 Å². The minimum atomic E-state index is -0.0612. The molecule has 0 bridgehead atoms. The third-order valence-electron chi connectivity index (χ3n) is 4.21. The summed E-state index contributed by atoms with van der Waals surface area (Å²) in [4.78, 5) is 12.1. The Labute approximate surface area is 108 Å². The van der Waals surface area contributed by atoms with E-state index in [1.165, 1.54) is 17.5 Å². The molecule has 0 radical (unpaired) electrons. The predicted molar refractivity (Wildman–Crippen MR) is 71.1 cm³/mol. The number of carbonyl (C=O) groups excluding carboxylic acids is 1. The molecule has 1 aromatic rings. The van der Waals surface area contributed by atoms with Gasteiger partial charge in [-0.1, -0.05) is 31.2 Å². The topological polar surface area (TPSA) is 41.1 Å². The first-order chi connectivity index (χ1) is 8.74. The zero-order valence-corrected chi connectivity index (χ0v) is 10.8. The van der Waals surface area contributed by atoms with E-state index in [2.05, 4.69) is 35.8 Å². The van der Waals surface area contributed by atoms with Gasteiger partial charge in [-0.15, -0.1) is 0 Å². The average Bonchev–Trinajstić information content (AvgIpc) is 3.11. The summed E-state index contributed by atoms with van der Waals surface area (Å²) in [6.45, 7) is 3.89. The van der Waals surface area contributed by atoms with Crippen LogP contribution < -0.4 is 10.6 Å². The van der Waals surface area contributed by atoms with Gasteiger partial charge in [-0.2, -0.15) is 0 Å². The summed E-state index contributed by atoms with van der Waals surface area (Å²) >= 11 is 0. The highest BCUT2D eigenvalue weighted by Gasteiger charge is 2.33. The largest absolute Gasteiger partial charge is 0.354 e. The summed E-state index contributed by atoms with van der Waals surface area (Å²) in [5.74, 6) is 1.67. The van der Waals surface area contributed by atoms with Crippen molar-refractivity contribution in [3.63, 3.8) is 0 Å². The van der Waals surface area contributed by atoms with Gasteiger partial charge in [0.15, 0.2) is 0 Å². The van der Waals surface area contributed by atoms with Gasteiger partial charge in [0.1, 0.15) is 0 Å². The number of hydrogen-bond acceptors (Lipinski definition) is 2. The molecule has 18 heavy (non-hydrogen) atoms. The first-order valence-corrected chi connectivity index (χ1v) is 6.82. The molecule has 0 saturated heterocycles. The van der Waals surface area contributed by atoms with E-state index < -0.39 is 0 Å². The highest BCUT2D eigenvalue weighted by atomic mass is 16.2. The molecule has 3 rings (SSSR count). The predicted octanol–water partition coefficient (Wildman–Crippen LogP) is 1.47. The molecule has 3 heteroatoms. The Balaban J connectivity index is 1.56. The van der Waals surface area contributed by atoms with E-state index in [-0.39, 0.29) is 11.9 Å². The van der Waals surface area contributed by atoms with E-state index in [1.54, 1.807) is 0 Å². The van der Waals surface area contributed by atoms with Crippen molar-refractivity contribution in [1.29, 1.82) is 0 Å². The average molecular weight is 244 g/mol. The van der Waals surface area contributed by atoms with Gasteiger partial charge in [-0.05, 0) is 35.8 Å². The normalized spacial score (nSPS) is 29.5. The van der Waals surface area contributed by atoms with E-state index >= 15 is 0 Å². The molecular formula is C15H20N2O. The maximum Gasteiger partial charge on any atom is 0.237 e. The minimum Gasteiger partial charge on any atom is -0.354 e. The van der Waals surface area contributed by atoms with E-state index in [0.29, 0.717) is 5.92 Å². The SMILES string of the molecule is CC1CC1CNC(=O)[C@@H]1Cc2ccccc2CN1. The lowest BCUT2D eigenvalue weighted by Crippen LogP contribution is -2.48. The molecule has 1 fully saturated rings. The monoisotopic (exact) mass is 244 g/mol. The van der Waals surface area contributed by atoms with Gasteiger partial charge in [-0.3, -0.25) is 4.79 Å². The third kappa shape index (κ3) is 2.41. The number of amides is 1. The lowest BCUT2D eigenvalue weighted by atomic mass is 9.95. The van der Waals surface area contributed by atoms with Crippen molar-refractivity contribution in [2.24, 2.45) is 11.8 Å². The summed E-state index contributed by atoms with van der Waals surface area (Å²) in [6, 6.07) is 8.29. The Hall–Kier alpha value is -1.35. The number of carbonyl (C=O) groups is 1. The van der Waals surface area contributed by atoms with Gasteiger partial charge in [0, 0.05) is 13.1 Å². The quantitative estimate of drug-likeness (QED) is 0.845. The molecule has 96 valence electrons. The van der Waals surface area contributed by atoms with Crippen molar-refractivity contribution in [3.05, 3.63) is 35.4 Å². The van der Waals surface area contributed by atoms with E-state index in [4.69, 9.17) is 0 Å². The van der Waals surface area contributed by atoms with Crippen molar-refractivity contribution >= 4 is 5.91 Å². The Morgan fingerprint density at radius 3 is 2.83 bits per heavy atom. The molecule has 1 heterocycles. The molecule has 0 aromatic heterocycles. The second-order valence-electron chi connectivity index (χ2n) is 5.62. The first-order valence-electron chi connectivity index (χ1n) is 6.82. The van der Waals surface area contributed by atoms with Crippen LogP contribution in [0.25, 0.3) is 0 Å². The van der Waals surface area contributed by atoms with Crippen molar-refractivity contribution < 1.29 is 4.79 Å². The molecule has 3 atom stereocenters. The highest BCUT2D eigenvalue weighted by molar-refractivity contribution is 5.82. The third-order valence-corrected chi connectivity index (χ3v) is 4.21. The van der Waals surface area contributed by atoms with Gasteiger partial charge < -0.3 is 10.6 Å². The lowest BCUT2D eigenvalue weighted by Gasteiger charge is -2.25. The van der Waals surface area contributed by atoms with Crippen LogP contribution in [0, 0.1) is 11.8 Å². The Morgan fingerprint density at radius 1 is 1.39 bits per heavy atom. The van der Waals surface area contributed by atoms with Crippen LogP contribution in [0.2, 0.25) is 0 Å². The molecule has 1 aromatic carbocycles. The Kier molecular flexibility index (Phi) is 3.08. The zero-order valence-electron chi connectivity index (χ0n) is 10.8. The molecule has 1 aliphatic heterocycles. The highest BCUT2D eigenvalue weighted by Crippen LogP contribution is 2.36. The fourth-order valence-electron chi connectivity index (χ4n) is 2.68. The Bertz CT molecular complexity index is 458. The number of benzene rings is 1. The van der Waals surface area contributed by atoms with Crippen LogP contribution in [0.3, 0.4) is 0 Å². The fraction of sp³-hybridized carbons (Fsp3) is 0.533. The maximum atomic E-state index is 12.1. The lowest BCUT2D eigenvalue weighted by molar-refractivity contribution is -0.123. The molecule has 1 amide bonds. The molecular weight excluding hydrogens is 224 g/mol. The van der Waals surface area contributed by atoms with Crippen LogP contribution in [-0.2, 0) is 17.8 Å². The summed E-state index contributed by atoms with van der Waals surface area (Å²) in [7, 11) is 0. The number of fused-ring (bicyclic) bond motifs is 1. The second kappa shape index (κ2) is 4.73. The molecule has 3 nitrogen and oxygen atoms in total. The minimum absolute atomic E-state index is 0.0612. The van der Waals surface area contributed by atoms with Crippen molar-refractivity contribution in [1.82, 2.24) is 10.6 Å². The van der Waals surface area contributed by atoms with Crippen LogP contribution in [0.4, 0.5) is 0 Å². The van der Waals surface area contributed by atoms with Gasteiger partial charge in [0.05, 0.1) is 6.04 Å². The first kappa shape index (κ1) is 11.7. The molecule has 2 N–H and O–H groups in total. The van der Waals surface area contributed by atoms with Crippen molar-refractivity contribution in [2.45, 2.75) is 32.4 Å². The summed E-state index contributed by atoms with van der Waals surface area (Å²) in [5, 5.41) is 6.39. The van der Waals surface area contributed by atoms with Gasteiger partial charge >= 0.3 is 0 Å². The van der Waals surface area contributed by atoms with E-state index in [0.717, 1.165) is 25.4 Å². The molecule has 1 aliphatic carbocycles. The van der Waals surface area contributed by atoms with Crippen LogP contribution in [0.15, 0.2) is 24.3 Å². The number of nitrogens with one attached hydrogen (secondary N) is 2. The van der Waals surface area contributed by atoms with E-state index in [1.807, 2.05) is 6.07 Å². The van der Waals surface area contributed by atoms with Gasteiger partial charge in [-0.25, -0.2) is 0 Å². The van der Waals surface area contributed by atoms with Crippen LogP contribution in [0.5, 0.6) is 0 Å². The van der Waals surface area contributed by atoms with Crippen molar-refractivity contribution in [3.8, 4) is 0 Å². The summed E-state index contributed by atoms with van der Waals surface area (Å²) < 4.78 is 0. The fourth-order valence-corrected chi connectivity index (χ4v) is 2.68. The standard InChI is InChI=1S/C15H20N2O/c1-10-6-13(10)9-17-15(18)14-7-11-4-2-3-5-12(11)8-16-14/h2-5,10,13-14,16H,6-9H2,1H3,(H,17,18)/t10?,13?,14-/m0/s1.